The van der Waals surface area contributed by atoms with Gasteiger partial charge in [-0.15, -0.1) is 0 Å². The fourth-order valence-electron chi connectivity index (χ4n) is 4.71. The van der Waals surface area contributed by atoms with Crippen LogP contribution in [-0.2, 0) is 25.6 Å². The van der Waals surface area contributed by atoms with Crippen molar-refractivity contribution in [2.24, 2.45) is 7.05 Å². The van der Waals surface area contributed by atoms with Crippen LogP contribution in [0.1, 0.15) is 61.9 Å². The van der Waals surface area contributed by atoms with Crippen LogP contribution >= 0.6 is 11.6 Å². The van der Waals surface area contributed by atoms with Gasteiger partial charge in [0.15, 0.2) is 5.78 Å². The normalized spacial score (nSPS) is 11.8. The molecule has 0 radical (unpaired) electrons. The van der Waals surface area contributed by atoms with Crippen LogP contribution in [0.25, 0.3) is 11.3 Å². The number of ketones is 1. The molecule has 0 saturated carbocycles. The Bertz CT molecular complexity index is 1470. The summed E-state index contributed by atoms with van der Waals surface area (Å²) in [7, 11) is 2.03. The maximum Gasteiger partial charge on any atom is 0.176 e. The first kappa shape index (κ1) is 29.4. The SMILES string of the molecule is CC(C)Oc1ccc(C(=O)CN(Cc2ccc(-c3cn(C)c(C(C)(C)C)n3)cc2)Cc2ccccc2O)cc1Cl. The summed E-state index contributed by atoms with van der Waals surface area (Å²) in [6.07, 6.45) is 2.04. The standard InChI is InChI=1S/C33H38ClN3O3/c1-22(2)40-31-16-15-25(17-27(31)34)30(39)21-37(19-26-9-7-8-10-29(26)38)18-23-11-13-24(14-12-23)28-20-36(6)32(35-28)33(3,4)5/h7-17,20,22,38H,18-19,21H2,1-6H3. The van der Waals surface area contributed by atoms with Gasteiger partial charge in [-0.1, -0.05) is 74.8 Å². The van der Waals surface area contributed by atoms with Gasteiger partial charge in [0.25, 0.3) is 0 Å². The minimum absolute atomic E-state index is 0.0160. The third-order valence-electron chi connectivity index (χ3n) is 6.57. The number of halogens is 1. The van der Waals surface area contributed by atoms with E-state index in [1.165, 1.54) is 0 Å². The summed E-state index contributed by atoms with van der Waals surface area (Å²) in [5.41, 5.74) is 4.25. The molecule has 40 heavy (non-hydrogen) atoms. The fourth-order valence-corrected chi connectivity index (χ4v) is 4.94. The van der Waals surface area contributed by atoms with Gasteiger partial charge in [0.2, 0.25) is 0 Å². The quantitative estimate of drug-likeness (QED) is 0.205. The number of ether oxygens (including phenoxy) is 1. The molecule has 0 atom stereocenters. The van der Waals surface area contributed by atoms with Gasteiger partial charge in [-0.2, -0.15) is 0 Å². The average molecular weight is 560 g/mol. The van der Waals surface area contributed by atoms with E-state index in [-0.39, 0.29) is 29.6 Å². The molecular weight excluding hydrogens is 522 g/mol. The number of nitrogens with zero attached hydrogens (tertiary/aromatic N) is 3. The first-order valence-electron chi connectivity index (χ1n) is 13.5. The fraction of sp³-hybridized carbons (Fsp3) is 0.333. The first-order valence-corrected chi connectivity index (χ1v) is 13.9. The second-order valence-corrected chi connectivity index (χ2v) is 11.9. The van der Waals surface area contributed by atoms with Gasteiger partial charge < -0.3 is 14.4 Å². The highest BCUT2D eigenvalue weighted by Gasteiger charge is 2.21. The number of phenols is 1. The number of carbonyl (C=O) groups is 1. The lowest BCUT2D eigenvalue weighted by atomic mass is 9.96. The molecule has 0 saturated heterocycles. The van der Waals surface area contributed by atoms with E-state index in [0.717, 1.165) is 28.2 Å². The number of hydrogen-bond donors (Lipinski definition) is 1. The summed E-state index contributed by atoms with van der Waals surface area (Å²) < 4.78 is 7.79. The second-order valence-electron chi connectivity index (χ2n) is 11.5. The average Bonchev–Trinajstić information content (AvgIpc) is 3.29. The van der Waals surface area contributed by atoms with Crippen LogP contribution < -0.4 is 4.74 Å². The zero-order chi connectivity index (χ0) is 29.0. The second kappa shape index (κ2) is 12.3. The number of aryl methyl sites for hydroxylation is 1. The van der Waals surface area contributed by atoms with Crippen molar-refractivity contribution < 1.29 is 14.6 Å². The number of aromatic nitrogens is 2. The minimum Gasteiger partial charge on any atom is -0.508 e. The Morgan fingerprint density at radius 3 is 2.35 bits per heavy atom. The third kappa shape index (κ3) is 7.32. The molecule has 7 heteroatoms. The highest BCUT2D eigenvalue weighted by Crippen LogP contribution is 2.28. The van der Waals surface area contributed by atoms with Crippen molar-refractivity contribution >= 4 is 17.4 Å². The Labute approximate surface area is 242 Å². The van der Waals surface area contributed by atoms with Gasteiger partial charge in [0, 0.05) is 48.4 Å². The number of hydrogen-bond acceptors (Lipinski definition) is 5. The molecule has 0 amide bonds. The smallest absolute Gasteiger partial charge is 0.176 e. The molecule has 0 bridgehead atoms. The molecule has 4 rings (SSSR count). The van der Waals surface area contributed by atoms with Gasteiger partial charge in [-0.05, 0) is 43.7 Å². The predicted molar refractivity (Wildman–Crippen MR) is 161 cm³/mol. The van der Waals surface area contributed by atoms with Crippen LogP contribution in [0.5, 0.6) is 11.5 Å². The van der Waals surface area contributed by atoms with E-state index in [2.05, 4.69) is 55.8 Å². The molecule has 1 N–H and O–H groups in total. The summed E-state index contributed by atoms with van der Waals surface area (Å²) in [5, 5.41) is 10.8. The zero-order valence-corrected chi connectivity index (χ0v) is 24.9. The number of Topliss-reactive ketones (excluding diaryl/α,β-unsaturated/α-hetero) is 1. The monoisotopic (exact) mass is 559 g/mol. The number of carbonyl (C=O) groups excluding carboxylic acids is 1. The van der Waals surface area contributed by atoms with Crippen molar-refractivity contribution in [3.05, 3.63) is 100 Å². The van der Waals surface area contributed by atoms with Gasteiger partial charge >= 0.3 is 0 Å². The predicted octanol–water partition coefficient (Wildman–Crippen LogP) is 7.42. The molecule has 1 heterocycles. The Morgan fingerprint density at radius 1 is 1.05 bits per heavy atom. The molecule has 0 aliphatic carbocycles. The van der Waals surface area contributed by atoms with Crippen LogP contribution in [0.3, 0.4) is 0 Å². The van der Waals surface area contributed by atoms with E-state index in [4.69, 9.17) is 21.3 Å². The molecule has 6 nitrogen and oxygen atoms in total. The zero-order valence-electron chi connectivity index (χ0n) is 24.1. The van der Waals surface area contributed by atoms with Crippen molar-refractivity contribution in [2.75, 3.05) is 6.54 Å². The summed E-state index contributed by atoms with van der Waals surface area (Å²) >= 11 is 6.41. The lowest BCUT2D eigenvalue weighted by Crippen LogP contribution is -2.29. The lowest BCUT2D eigenvalue weighted by Gasteiger charge is -2.23. The van der Waals surface area contributed by atoms with Crippen LogP contribution in [0.4, 0.5) is 0 Å². The maximum atomic E-state index is 13.3. The highest BCUT2D eigenvalue weighted by molar-refractivity contribution is 6.32. The highest BCUT2D eigenvalue weighted by atomic mass is 35.5. The molecule has 0 aliphatic rings. The summed E-state index contributed by atoms with van der Waals surface area (Å²) in [4.78, 5) is 20.2. The van der Waals surface area contributed by atoms with Crippen molar-refractivity contribution in [3.8, 4) is 22.8 Å². The molecule has 1 aromatic heterocycles. The third-order valence-corrected chi connectivity index (χ3v) is 6.87. The van der Waals surface area contributed by atoms with Crippen molar-refractivity contribution in [1.82, 2.24) is 14.5 Å². The number of para-hydroxylation sites is 1. The largest absolute Gasteiger partial charge is 0.508 e. The van der Waals surface area contributed by atoms with Crippen LogP contribution in [0, 0.1) is 0 Å². The molecule has 4 aromatic rings. The number of imidazole rings is 1. The Morgan fingerprint density at radius 2 is 1.75 bits per heavy atom. The molecule has 210 valence electrons. The van der Waals surface area contributed by atoms with E-state index in [1.807, 2.05) is 37.9 Å². The van der Waals surface area contributed by atoms with Crippen molar-refractivity contribution in [1.29, 1.82) is 0 Å². The lowest BCUT2D eigenvalue weighted by molar-refractivity contribution is 0.0919. The molecule has 0 fully saturated rings. The number of benzene rings is 3. The molecular formula is C33H38ClN3O3. The van der Waals surface area contributed by atoms with Gasteiger partial charge in [-0.25, -0.2) is 4.98 Å². The minimum atomic E-state index is -0.0618. The van der Waals surface area contributed by atoms with Gasteiger partial charge in [0.05, 0.1) is 23.4 Å². The van der Waals surface area contributed by atoms with Crippen LogP contribution in [0.2, 0.25) is 5.02 Å². The Hall–Kier alpha value is -3.61. The van der Waals surface area contributed by atoms with E-state index >= 15 is 0 Å². The Balaban J connectivity index is 1.54. The summed E-state index contributed by atoms with van der Waals surface area (Å²) in [6, 6.07) is 20.6. The number of phenolic OH excluding ortho intramolecular Hbond substituents is 1. The topological polar surface area (TPSA) is 67.6 Å². The molecule has 0 spiro atoms. The van der Waals surface area contributed by atoms with Crippen LogP contribution in [-0.4, -0.2) is 38.0 Å². The van der Waals surface area contributed by atoms with Crippen LogP contribution in [0.15, 0.2) is 72.9 Å². The van der Waals surface area contributed by atoms with Crippen molar-refractivity contribution in [2.45, 2.75) is 59.2 Å². The van der Waals surface area contributed by atoms with Gasteiger partial charge in [-0.3, -0.25) is 9.69 Å². The van der Waals surface area contributed by atoms with Crippen molar-refractivity contribution in [3.63, 3.8) is 0 Å². The number of rotatable bonds is 10. The number of aromatic hydroxyl groups is 1. The van der Waals surface area contributed by atoms with E-state index < -0.39 is 0 Å². The molecule has 3 aromatic carbocycles. The molecule has 0 unspecified atom stereocenters. The maximum absolute atomic E-state index is 13.3. The van der Waals surface area contributed by atoms with Gasteiger partial charge in [0.1, 0.15) is 17.3 Å². The summed E-state index contributed by atoms with van der Waals surface area (Å²) in [6.45, 7) is 11.4. The Kier molecular flexibility index (Phi) is 9.02. The molecule has 0 aliphatic heterocycles. The van der Waals surface area contributed by atoms with E-state index in [0.29, 0.717) is 29.4 Å². The first-order chi connectivity index (χ1) is 18.9. The van der Waals surface area contributed by atoms with E-state index in [1.54, 1.807) is 30.3 Å². The summed E-state index contributed by atoms with van der Waals surface area (Å²) in [5.74, 6) is 1.73. The van der Waals surface area contributed by atoms with E-state index in [9.17, 15) is 9.90 Å².